The van der Waals surface area contributed by atoms with Crippen molar-refractivity contribution in [2.24, 2.45) is 0 Å². The predicted molar refractivity (Wildman–Crippen MR) is 92.2 cm³/mol. The minimum absolute atomic E-state index is 0.129. The van der Waals surface area contributed by atoms with Crippen LogP contribution in [0.1, 0.15) is 31.7 Å². The van der Waals surface area contributed by atoms with E-state index in [9.17, 15) is 5.11 Å². The maximum atomic E-state index is 9.98. The molecule has 0 spiro atoms. The minimum Gasteiger partial charge on any atom is -0.493 e. The van der Waals surface area contributed by atoms with E-state index in [1.807, 2.05) is 36.4 Å². The number of aliphatic hydroxyl groups is 1. The standard InChI is InChI=1S/C20H23NO2/c1-2-3-13-23-20-10-9-17(16-7-5-4-6-8-16)14-18(20)15-19(22)11-12-21/h4-10,14,19,22H,2-3,11,13,15H2,1H3/t19-/m0/s1. The van der Waals surface area contributed by atoms with Crippen LogP contribution in [0.4, 0.5) is 0 Å². The molecule has 0 fully saturated rings. The molecule has 0 aliphatic rings. The lowest BCUT2D eigenvalue weighted by molar-refractivity contribution is 0.178. The molecule has 0 saturated heterocycles. The van der Waals surface area contributed by atoms with Crippen LogP contribution in [-0.2, 0) is 6.42 Å². The van der Waals surface area contributed by atoms with Crippen LogP contribution in [0, 0.1) is 11.3 Å². The van der Waals surface area contributed by atoms with Crippen molar-refractivity contribution in [1.82, 2.24) is 0 Å². The van der Waals surface area contributed by atoms with E-state index in [0.29, 0.717) is 13.0 Å². The van der Waals surface area contributed by atoms with Crippen LogP contribution in [-0.4, -0.2) is 17.8 Å². The van der Waals surface area contributed by atoms with E-state index in [0.717, 1.165) is 35.3 Å². The molecule has 0 unspecified atom stereocenters. The summed E-state index contributed by atoms with van der Waals surface area (Å²) in [6, 6.07) is 18.2. The van der Waals surface area contributed by atoms with Gasteiger partial charge in [-0.05, 0) is 35.2 Å². The van der Waals surface area contributed by atoms with Crippen molar-refractivity contribution in [3.05, 3.63) is 54.1 Å². The van der Waals surface area contributed by atoms with Crippen molar-refractivity contribution in [2.75, 3.05) is 6.61 Å². The van der Waals surface area contributed by atoms with Crippen LogP contribution >= 0.6 is 0 Å². The Kier molecular flexibility index (Phi) is 6.65. The number of ether oxygens (including phenoxy) is 1. The fraction of sp³-hybridized carbons (Fsp3) is 0.350. The Morgan fingerprint density at radius 1 is 1.13 bits per heavy atom. The molecule has 120 valence electrons. The van der Waals surface area contributed by atoms with Crippen molar-refractivity contribution >= 4 is 0 Å². The molecule has 23 heavy (non-hydrogen) atoms. The van der Waals surface area contributed by atoms with Crippen LogP contribution in [0.3, 0.4) is 0 Å². The fourth-order valence-electron chi connectivity index (χ4n) is 2.45. The van der Waals surface area contributed by atoms with Crippen LogP contribution < -0.4 is 4.74 Å². The summed E-state index contributed by atoms with van der Waals surface area (Å²) < 4.78 is 5.85. The molecule has 1 atom stereocenters. The van der Waals surface area contributed by atoms with E-state index in [1.54, 1.807) is 0 Å². The number of aliphatic hydroxyl groups excluding tert-OH is 1. The van der Waals surface area contributed by atoms with Gasteiger partial charge in [0.15, 0.2) is 0 Å². The van der Waals surface area contributed by atoms with Crippen molar-refractivity contribution < 1.29 is 9.84 Å². The topological polar surface area (TPSA) is 53.2 Å². The smallest absolute Gasteiger partial charge is 0.122 e. The Labute approximate surface area is 138 Å². The first-order valence-electron chi connectivity index (χ1n) is 8.10. The first-order chi connectivity index (χ1) is 11.2. The highest BCUT2D eigenvalue weighted by molar-refractivity contribution is 5.65. The van der Waals surface area contributed by atoms with E-state index in [-0.39, 0.29) is 6.42 Å². The minimum atomic E-state index is -0.667. The van der Waals surface area contributed by atoms with Gasteiger partial charge in [0.05, 0.1) is 25.2 Å². The summed E-state index contributed by atoms with van der Waals surface area (Å²) in [5.74, 6) is 0.801. The molecule has 3 heteroatoms. The number of benzene rings is 2. The third-order valence-corrected chi connectivity index (χ3v) is 3.71. The predicted octanol–water partition coefficient (Wildman–Crippen LogP) is 4.35. The molecule has 0 aliphatic heterocycles. The molecular formula is C20H23NO2. The molecular weight excluding hydrogens is 286 g/mol. The van der Waals surface area contributed by atoms with E-state index in [1.165, 1.54) is 0 Å². The van der Waals surface area contributed by atoms with Gasteiger partial charge in [-0.3, -0.25) is 0 Å². The molecule has 0 aliphatic carbocycles. The van der Waals surface area contributed by atoms with Gasteiger partial charge in [0, 0.05) is 6.42 Å². The quantitative estimate of drug-likeness (QED) is 0.738. The van der Waals surface area contributed by atoms with Crippen molar-refractivity contribution in [1.29, 1.82) is 5.26 Å². The van der Waals surface area contributed by atoms with E-state index in [2.05, 4.69) is 25.1 Å². The van der Waals surface area contributed by atoms with E-state index >= 15 is 0 Å². The molecule has 2 aromatic carbocycles. The van der Waals surface area contributed by atoms with Crippen molar-refractivity contribution in [2.45, 2.75) is 38.7 Å². The average Bonchev–Trinajstić information content (AvgIpc) is 2.57. The number of hydrogen-bond acceptors (Lipinski definition) is 3. The van der Waals surface area contributed by atoms with Crippen molar-refractivity contribution in [3.63, 3.8) is 0 Å². The zero-order chi connectivity index (χ0) is 16.5. The lowest BCUT2D eigenvalue weighted by Gasteiger charge is -2.15. The second-order valence-corrected chi connectivity index (χ2v) is 5.61. The summed E-state index contributed by atoms with van der Waals surface area (Å²) in [6.07, 6.45) is 1.97. The molecule has 0 saturated carbocycles. The molecule has 0 heterocycles. The monoisotopic (exact) mass is 309 g/mol. The zero-order valence-corrected chi connectivity index (χ0v) is 13.5. The van der Waals surface area contributed by atoms with Gasteiger partial charge in [0.25, 0.3) is 0 Å². The first kappa shape index (κ1) is 17.1. The maximum absolute atomic E-state index is 9.98. The van der Waals surface area contributed by atoms with E-state index in [4.69, 9.17) is 10.00 Å². The van der Waals surface area contributed by atoms with Crippen LogP contribution in [0.2, 0.25) is 0 Å². The molecule has 0 aromatic heterocycles. The molecule has 0 bridgehead atoms. The molecule has 2 rings (SSSR count). The summed E-state index contributed by atoms with van der Waals surface area (Å²) in [5.41, 5.74) is 3.17. The molecule has 2 aromatic rings. The third-order valence-electron chi connectivity index (χ3n) is 3.71. The summed E-state index contributed by atoms with van der Waals surface area (Å²) in [7, 11) is 0. The van der Waals surface area contributed by atoms with Gasteiger partial charge >= 0.3 is 0 Å². The number of rotatable bonds is 8. The van der Waals surface area contributed by atoms with Gasteiger partial charge in [-0.25, -0.2) is 0 Å². The first-order valence-corrected chi connectivity index (χ1v) is 8.10. The fourth-order valence-corrected chi connectivity index (χ4v) is 2.45. The van der Waals surface area contributed by atoms with Gasteiger partial charge < -0.3 is 9.84 Å². The van der Waals surface area contributed by atoms with Gasteiger partial charge in [0.2, 0.25) is 0 Å². The van der Waals surface area contributed by atoms with Gasteiger partial charge in [-0.15, -0.1) is 0 Å². The summed E-state index contributed by atoms with van der Waals surface area (Å²) in [6.45, 7) is 2.79. The van der Waals surface area contributed by atoms with Crippen LogP contribution in [0.5, 0.6) is 5.75 Å². The summed E-state index contributed by atoms with van der Waals surface area (Å²) in [4.78, 5) is 0. The number of nitrogens with zero attached hydrogens (tertiary/aromatic N) is 1. The number of hydrogen-bond donors (Lipinski definition) is 1. The van der Waals surface area contributed by atoms with Crippen LogP contribution in [0.25, 0.3) is 11.1 Å². The lowest BCUT2D eigenvalue weighted by atomic mass is 9.98. The number of unbranched alkanes of at least 4 members (excludes halogenated alkanes) is 1. The van der Waals surface area contributed by atoms with Gasteiger partial charge in [-0.2, -0.15) is 5.26 Å². The Balaban J connectivity index is 2.26. The SMILES string of the molecule is CCCCOc1ccc(-c2ccccc2)cc1C[C@@H](O)CC#N. The van der Waals surface area contributed by atoms with Crippen molar-refractivity contribution in [3.8, 4) is 22.9 Å². The second-order valence-electron chi connectivity index (χ2n) is 5.61. The Bertz CT molecular complexity index is 646. The highest BCUT2D eigenvalue weighted by Crippen LogP contribution is 2.28. The molecule has 0 amide bonds. The Morgan fingerprint density at radius 2 is 1.91 bits per heavy atom. The van der Waals surface area contributed by atoms with E-state index < -0.39 is 6.10 Å². The highest BCUT2D eigenvalue weighted by atomic mass is 16.5. The molecule has 3 nitrogen and oxygen atoms in total. The highest BCUT2D eigenvalue weighted by Gasteiger charge is 2.12. The van der Waals surface area contributed by atoms with Gasteiger partial charge in [0.1, 0.15) is 5.75 Å². The lowest BCUT2D eigenvalue weighted by Crippen LogP contribution is -2.11. The number of nitriles is 1. The average molecular weight is 309 g/mol. The Morgan fingerprint density at radius 3 is 2.61 bits per heavy atom. The summed E-state index contributed by atoms with van der Waals surface area (Å²) in [5, 5.41) is 18.7. The molecule has 0 radical (unpaired) electrons. The third kappa shape index (κ3) is 5.12. The zero-order valence-electron chi connectivity index (χ0n) is 13.5. The van der Waals surface area contributed by atoms with Crippen LogP contribution in [0.15, 0.2) is 48.5 Å². The van der Waals surface area contributed by atoms with Gasteiger partial charge in [-0.1, -0.05) is 49.7 Å². The summed E-state index contributed by atoms with van der Waals surface area (Å²) >= 11 is 0. The molecule has 1 N–H and O–H groups in total. The normalized spacial score (nSPS) is 11.7. The largest absolute Gasteiger partial charge is 0.493 e. The second kappa shape index (κ2) is 8.97. The maximum Gasteiger partial charge on any atom is 0.122 e. The Hall–Kier alpha value is -2.31.